The number of benzene rings is 2. The van der Waals surface area contributed by atoms with E-state index in [9.17, 15) is 116 Å². The lowest BCUT2D eigenvalue weighted by atomic mass is 9.99. The molecule has 1 heterocycles. The van der Waals surface area contributed by atoms with Gasteiger partial charge < -0.3 is 143 Å². The summed E-state index contributed by atoms with van der Waals surface area (Å²) in [4.78, 5) is 270. The van der Waals surface area contributed by atoms with Gasteiger partial charge in [0.2, 0.25) is 88.6 Å². The molecule has 49 nitrogen and oxygen atoms in total. The molecule has 0 radical (unpaired) electrons. The molecule has 0 unspecified atom stereocenters. The Bertz CT molecular complexity index is 4380. The molecule has 14 atom stereocenters. The summed E-state index contributed by atoms with van der Waals surface area (Å²) in [6, 6.07) is -8.75. The Morgan fingerprint density at radius 2 is 0.778 bits per heavy atom. The monoisotopic (exact) mass is 1780 g/mol. The van der Waals surface area contributed by atoms with Crippen LogP contribution in [0.3, 0.4) is 0 Å². The summed E-state index contributed by atoms with van der Waals surface area (Å²) in [5.74, 6) is -26.0. The van der Waals surface area contributed by atoms with Crippen molar-refractivity contribution in [2.24, 2.45) is 29.0 Å². The number of aromatic nitrogens is 1. The standard InChI is InChI=1S/C77H115N23O26/c1-36(2)27-50(70(121)93-48(21-23-56(103)104)67(118)88-38(5)62(113)87-33-55(102)86-34-60(111)112)96-71(122)52(29-42-32-85-45-18-12-11-17-43(42)45)95-64(115)40(7)90-75(126)61(37(3)4)100-73(124)51(28-41-15-9-8-10-16-41)97-72(123)53(31-59(109)110)98-68(119)47(20-14-26-84-77(81)82)91-63(114)39(6)89-66(117)46(19-13-25-83-76(79)80)92-69(120)49(22-24-57(105)106)94-74(125)54(35-101)99-65(116)44(78)30-58(107)108/h8-12,15-18,32,36-40,44,46-54,61,85,101H,13-14,19-31,33-35,78H2,1-7H3,(H,86,102)(H,87,113)(H,88,118)(H,89,117)(H,90,126)(H,91,114)(H,92,120)(H,93,121)(H,94,125)(H,95,115)(H,96,122)(H,97,123)(H,98,119)(H,99,116)(H,100,124)(H,103,104)(H,105,106)(H,107,108)(H,109,110)(H,111,112)(H4,79,80,83)(H4,81,82,84)/t38-,39-,40-,44-,46-,47-,48-,49-,50-,51-,52-,53-,54-,61-/m0/s1. The number of carboxylic acids is 5. The second-order valence-electron chi connectivity index (χ2n) is 30.1. The van der Waals surface area contributed by atoms with Gasteiger partial charge in [-0.3, -0.25) is 107 Å². The number of nitrogens with one attached hydrogen (secondary N) is 20. The minimum atomic E-state index is -2.08. The average molecular weight is 1780 g/mol. The van der Waals surface area contributed by atoms with E-state index in [1.54, 1.807) is 74.6 Å². The van der Waals surface area contributed by atoms with E-state index in [0.29, 0.717) is 22.0 Å². The Hall–Kier alpha value is -14.2. The van der Waals surface area contributed by atoms with Crippen LogP contribution in [0.25, 0.3) is 10.9 Å². The molecule has 0 spiro atoms. The van der Waals surface area contributed by atoms with Gasteiger partial charge >= 0.3 is 29.8 Å². The molecule has 126 heavy (non-hydrogen) atoms. The summed E-state index contributed by atoms with van der Waals surface area (Å²) in [5.41, 5.74) is 17.9. The van der Waals surface area contributed by atoms with Gasteiger partial charge in [0.15, 0.2) is 11.9 Å². The lowest BCUT2D eigenvalue weighted by molar-refractivity contribution is -0.142. The van der Waals surface area contributed by atoms with Crippen LogP contribution in [0.2, 0.25) is 0 Å². The first kappa shape index (κ1) is 106. The third-order valence-electron chi connectivity index (χ3n) is 18.7. The number of aliphatic hydroxyl groups excluding tert-OH is 1. The van der Waals surface area contributed by atoms with Crippen molar-refractivity contribution in [3.05, 3.63) is 71.9 Å². The SMILES string of the molecule is CC(C)C[C@H](NC(=O)[C@H](Cc1c[nH]c2ccccc12)NC(=O)[C@H](C)NC(=O)[C@@H](NC(=O)[C@H](Cc1ccccc1)NC(=O)[C@H](CC(=O)O)NC(=O)[C@H](CCCNC(=N)N)NC(=O)[C@H](C)NC(=O)[C@H](CCCNC(=N)N)NC(=O)[C@H](CCC(=O)O)NC(=O)[C@H](CO)NC(=O)[C@@H](N)CC(=O)O)C(C)C)C(=O)N[C@@H](CCC(=O)O)C(=O)N[C@@H](C)C(=O)NCC(=O)NCC(=O)O. The first-order chi connectivity index (χ1) is 59.2. The molecule has 0 aliphatic carbocycles. The Morgan fingerprint density at radius 1 is 0.381 bits per heavy atom. The number of aromatic amines is 1. The van der Waals surface area contributed by atoms with Crippen LogP contribution in [0, 0.1) is 22.7 Å². The number of rotatable bonds is 57. The minimum absolute atomic E-state index is 0.0593. The third-order valence-corrected chi connectivity index (χ3v) is 18.7. The molecule has 3 rings (SSSR count). The number of carbonyl (C=O) groups is 20. The summed E-state index contributed by atoms with van der Waals surface area (Å²) in [7, 11) is 0. The molecular weight excluding hydrogens is 1660 g/mol. The fourth-order valence-electron chi connectivity index (χ4n) is 12.0. The number of carboxylic acid groups (broad SMARTS) is 5. The van der Waals surface area contributed by atoms with Crippen molar-refractivity contribution in [2.45, 2.75) is 217 Å². The van der Waals surface area contributed by atoms with Crippen molar-refractivity contribution in [1.82, 2.24) is 95.4 Å². The number of nitrogens with two attached hydrogens (primary N) is 3. The largest absolute Gasteiger partial charge is 0.481 e. The van der Waals surface area contributed by atoms with Gasteiger partial charge in [0.1, 0.15) is 85.1 Å². The number of para-hydroxylation sites is 1. The topological polar surface area (TPSA) is 809 Å². The first-order valence-corrected chi connectivity index (χ1v) is 39.9. The van der Waals surface area contributed by atoms with Crippen molar-refractivity contribution in [3.8, 4) is 0 Å². The highest BCUT2D eigenvalue weighted by molar-refractivity contribution is 6.02. The maximum absolute atomic E-state index is 14.8. The maximum Gasteiger partial charge on any atom is 0.322 e. The zero-order valence-electron chi connectivity index (χ0n) is 70.3. The highest BCUT2D eigenvalue weighted by atomic mass is 16.4. The van der Waals surface area contributed by atoms with Gasteiger partial charge in [-0.25, -0.2) is 0 Å². The Morgan fingerprint density at radius 3 is 1.26 bits per heavy atom. The lowest BCUT2D eigenvalue weighted by Crippen LogP contribution is -2.61. The highest BCUT2D eigenvalue weighted by Gasteiger charge is 2.39. The second kappa shape index (κ2) is 53.7. The highest BCUT2D eigenvalue weighted by Crippen LogP contribution is 2.21. The Labute approximate surface area is 721 Å². The van der Waals surface area contributed by atoms with Crippen LogP contribution >= 0.6 is 0 Å². The molecule has 2 aromatic carbocycles. The molecule has 0 saturated carbocycles. The zero-order valence-corrected chi connectivity index (χ0v) is 70.3. The van der Waals surface area contributed by atoms with Crippen LogP contribution in [0.1, 0.15) is 130 Å². The molecule has 49 heteroatoms. The summed E-state index contributed by atoms with van der Waals surface area (Å²) in [6.07, 6.45) is -4.80. The van der Waals surface area contributed by atoms with Gasteiger partial charge in [0.05, 0.1) is 32.0 Å². The number of H-pyrrole nitrogens is 1. The fraction of sp³-hybridized carbons (Fsp3) is 0.532. The molecule has 0 aliphatic heterocycles. The number of carbonyl (C=O) groups excluding carboxylic acids is 15. The number of aliphatic carboxylic acids is 5. The average Bonchev–Trinajstić information content (AvgIpc) is 1.66. The molecule has 0 aliphatic rings. The van der Waals surface area contributed by atoms with Crippen LogP contribution in [-0.4, -0.2) is 283 Å². The van der Waals surface area contributed by atoms with Crippen LogP contribution in [0.15, 0.2) is 60.8 Å². The molecule has 0 fully saturated rings. The van der Waals surface area contributed by atoms with Crippen molar-refractivity contribution in [1.29, 1.82) is 10.8 Å². The van der Waals surface area contributed by atoms with Crippen molar-refractivity contribution < 1.29 is 127 Å². The predicted molar refractivity (Wildman–Crippen MR) is 444 cm³/mol. The van der Waals surface area contributed by atoms with E-state index in [1.165, 1.54) is 27.7 Å². The van der Waals surface area contributed by atoms with Gasteiger partial charge in [-0.15, -0.1) is 0 Å². The third kappa shape index (κ3) is 39.4. The van der Waals surface area contributed by atoms with Crippen LogP contribution in [0.4, 0.5) is 0 Å². The summed E-state index contributed by atoms with van der Waals surface area (Å²) >= 11 is 0. The Balaban J connectivity index is 1.97. The molecule has 694 valence electrons. The van der Waals surface area contributed by atoms with Crippen LogP contribution in [0.5, 0.6) is 0 Å². The van der Waals surface area contributed by atoms with E-state index in [2.05, 4.69) is 84.7 Å². The van der Waals surface area contributed by atoms with E-state index in [-0.39, 0.29) is 64.0 Å². The number of hydrogen-bond acceptors (Lipinski definition) is 24. The van der Waals surface area contributed by atoms with E-state index in [1.807, 2.05) is 10.6 Å². The molecule has 3 aromatic rings. The Kier molecular flexibility index (Phi) is 45.2. The van der Waals surface area contributed by atoms with Gasteiger partial charge in [-0.1, -0.05) is 76.2 Å². The van der Waals surface area contributed by atoms with Crippen LogP contribution < -0.4 is 108 Å². The van der Waals surface area contributed by atoms with Crippen molar-refractivity contribution in [3.63, 3.8) is 0 Å². The number of amides is 15. The van der Waals surface area contributed by atoms with E-state index >= 15 is 0 Å². The molecule has 0 saturated heterocycles. The summed E-state index contributed by atoms with van der Waals surface area (Å²) < 4.78 is 0. The number of aliphatic hydroxyl groups is 1. The smallest absolute Gasteiger partial charge is 0.322 e. The fourth-order valence-corrected chi connectivity index (χ4v) is 12.0. The number of hydrogen-bond donors (Lipinski definition) is 29. The second-order valence-corrected chi connectivity index (χ2v) is 30.1. The molecule has 15 amide bonds. The number of fused-ring (bicyclic) bond motifs is 1. The normalized spacial score (nSPS) is 14.3. The van der Waals surface area contributed by atoms with Gasteiger partial charge in [0.25, 0.3) is 0 Å². The first-order valence-electron chi connectivity index (χ1n) is 39.9. The molecular formula is C77H115N23O26. The lowest BCUT2D eigenvalue weighted by Gasteiger charge is -2.29. The van der Waals surface area contributed by atoms with E-state index < -0.39 is 279 Å². The van der Waals surface area contributed by atoms with Crippen LogP contribution in [-0.2, 0) is 109 Å². The van der Waals surface area contributed by atoms with E-state index in [0.717, 1.165) is 6.92 Å². The molecule has 0 bridgehead atoms. The summed E-state index contributed by atoms with van der Waals surface area (Å²) in [5, 5.41) is 113. The van der Waals surface area contributed by atoms with E-state index in [4.69, 9.17) is 38.2 Å². The van der Waals surface area contributed by atoms with Gasteiger partial charge in [0, 0.05) is 55.9 Å². The quantitative estimate of drug-likeness (QED) is 0.0142. The van der Waals surface area contributed by atoms with Gasteiger partial charge in [-0.2, -0.15) is 0 Å². The minimum Gasteiger partial charge on any atom is -0.481 e. The molecule has 32 N–H and O–H groups in total. The molecule has 1 aromatic heterocycles. The summed E-state index contributed by atoms with van der Waals surface area (Å²) in [6.45, 7) is 7.16. The van der Waals surface area contributed by atoms with Crippen molar-refractivity contribution in [2.75, 3.05) is 32.8 Å². The maximum atomic E-state index is 14.8. The zero-order chi connectivity index (χ0) is 94.8. The predicted octanol–water partition coefficient (Wildman–Crippen LogP) is -8.14. The van der Waals surface area contributed by atoms with Gasteiger partial charge in [-0.05, 0) is 94.7 Å². The number of guanidine groups is 2. The van der Waals surface area contributed by atoms with Crippen molar-refractivity contribution >= 4 is 141 Å².